The van der Waals surface area contributed by atoms with Crippen molar-refractivity contribution in [3.63, 3.8) is 0 Å². The Morgan fingerprint density at radius 1 is 1.04 bits per heavy atom. The fraction of sp³-hybridized carbons (Fsp3) is 0.619. The summed E-state index contributed by atoms with van der Waals surface area (Å²) in [5.74, 6) is 0.809. The second kappa shape index (κ2) is 8.21. The summed E-state index contributed by atoms with van der Waals surface area (Å²) in [7, 11) is 0. The number of aromatic amines is 1. The van der Waals surface area contributed by atoms with Crippen LogP contribution in [0.4, 0.5) is 0 Å². The first-order chi connectivity index (χ1) is 12.8. The van der Waals surface area contributed by atoms with Crippen molar-refractivity contribution < 1.29 is 4.79 Å². The molecule has 0 spiro atoms. The van der Waals surface area contributed by atoms with Crippen molar-refractivity contribution in [2.24, 2.45) is 5.92 Å². The Hall–Kier alpha value is -1.88. The van der Waals surface area contributed by atoms with Crippen molar-refractivity contribution in [2.45, 2.75) is 69.9 Å². The first-order valence-corrected chi connectivity index (χ1v) is 10.3. The molecular formula is C21H30N4O. The van der Waals surface area contributed by atoms with Gasteiger partial charge >= 0.3 is 0 Å². The highest BCUT2D eigenvalue weighted by atomic mass is 16.1. The molecule has 5 nitrogen and oxygen atoms in total. The fourth-order valence-electron chi connectivity index (χ4n) is 4.50. The van der Waals surface area contributed by atoms with E-state index in [9.17, 15) is 4.79 Å². The Labute approximate surface area is 155 Å². The van der Waals surface area contributed by atoms with Crippen LogP contribution in [0.15, 0.2) is 24.4 Å². The van der Waals surface area contributed by atoms with E-state index in [1.807, 2.05) is 18.2 Å². The van der Waals surface area contributed by atoms with E-state index in [0.717, 1.165) is 47.8 Å². The molecule has 2 saturated carbocycles. The first kappa shape index (κ1) is 17.5. The van der Waals surface area contributed by atoms with Crippen molar-refractivity contribution in [1.29, 1.82) is 0 Å². The molecule has 2 aliphatic rings. The van der Waals surface area contributed by atoms with Crippen molar-refractivity contribution in [3.8, 4) is 0 Å². The fourth-order valence-corrected chi connectivity index (χ4v) is 4.50. The molecule has 1 aromatic carbocycles. The topological polar surface area (TPSA) is 69.8 Å². The van der Waals surface area contributed by atoms with Crippen molar-refractivity contribution in [2.75, 3.05) is 6.54 Å². The molecule has 5 heteroatoms. The molecule has 0 atom stereocenters. The van der Waals surface area contributed by atoms with Gasteiger partial charge in [0.1, 0.15) is 0 Å². The molecule has 0 radical (unpaired) electrons. The molecule has 4 rings (SSSR count). The quantitative estimate of drug-likeness (QED) is 0.765. The third kappa shape index (κ3) is 4.26. The minimum atomic E-state index is 0.0388. The minimum absolute atomic E-state index is 0.0388. The Morgan fingerprint density at radius 2 is 1.85 bits per heavy atom. The second-order valence-corrected chi connectivity index (χ2v) is 8.11. The number of nitrogens with zero attached hydrogens (tertiary/aromatic N) is 1. The molecule has 1 amide bonds. The van der Waals surface area contributed by atoms with Gasteiger partial charge in [0.05, 0.1) is 11.7 Å². The van der Waals surface area contributed by atoms with Gasteiger partial charge in [0.15, 0.2) is 0 Å². The van der Waals surface area contributed by atoms with Crippen LogP contribution >= 0.6 is 0 Å². The Bertz CT molecular complexity index is 726. The smallest absolute Gasteiger partial charge is 0.251 e. The molecule has 0 aliphatic heterocycles. The third-order valence-electron chi connectivity index (χ3n) is 6.18. The van der Waals surface area contributed by atoms with E-state index < -0.39 is 0 Å². The van der Waals surface area contributed by atoms with E-state index in [0.29, 0.717) is 6.04 Å². The van der Waals surface area contributed by atoms with Crippen LogP contribution < -0.4 is 10.6 Å². The van der Waals surface area contributed by atoms with Crippen LogP contribution in [0.1, 0.15) is 68.1 Å². The molecule has 140 valence electrons. The molecule has 2 fully saturated rings. The molecule has 2 aromatic rings. The van der Waals surface area contributed by atoms with Crippen LogP contribution in [0.2, 0.25) is 0 Å². The van der Waals surface area contributed by atoms with E-state index in [2.05, 4.69) is 20.8 Å². The van der Waals surface area contributed by atoms with E-state index >= 15 is 0 Å². The summed E-state index contributed by atoms with van der Waals surface area (Å²) in [6.07, 6.45) is 13.3. The monoisotopic (exact) mass is 354 g/mol. The number of nitrogens with one attached hydrogen (secondary N) is 3. The molecule has 26 heavy (non-hydrogen) atoms. The zero-order valence-electron chi connectivity index (χ0n) is 15.5. The van der Waals surface area contributed by atoms with Crippen LogP contribution in [0, 0.1) is 5.92 Å². The van der Waals surface area contributed by atoms with Crippen LogP contribution in [-0.2, 0) is 0 Å². The number of carbonyl (C=O) groups is 1. The Kier molecular flexibility index (Phi) is 5.54. The Balaban J connectivity index is 1.22. The molecule has 1 aromatic heterocycles. The highest BCUT2D eigenvalue weighted by molar-refractivity contribution is 5.97. The minimum Gasteiger partial charge on any atom is -0.349 e. The number of H-pyrrole nitrogens is 1. The Morgan fingerprint density at radius 3 is 2.65 bits per heavy atom. The lowest BCUT2D eigenvalue weighted by atomic mass is 9.85. The highest BCUT2D eigenvalue weighted by Gasteiger charge is 2.24. The van der Waals surface area contributed by atoms with Crippen molar-refractivity contribution in [3.05, 3.63) is 30.0 Å². The van der Waals surface area contributed by atoms with Gasteiger partial charge < -0.3 is 10.6 Å². The standard InChI is InChI=1S/C21H30N4O/c26-21(16-8-11-20-17(12-16)14-23-25-20)24-19-9-6-15(7-10-19)13-22-18-4-2-1-3-5-18/h8,11-12,14-15,18-19,22H,1-7,9-10,13H2,(H,23,25)(H,24,26). The summed E-state index contributed by atoms with van der Waals surface area (Å²) in [6.45, 7) is 1.16. The molecular weight excluding hydrogens is 324 g/mol. The van der Waals surface area contributed by atoms with Gasteiger partial charge in [0.25, 0.3) is 5.91 Å². The lowest BCUT2D eigenvalue weighted by Gasteiger charge is -2.31. The van der Waals surface area contributed by atoms with Gasteiger partial charge in [-0.05, 0) is 69.2 Å². The number of benzene rings is 1. The van der Waals surface area contributed by atoms with Gasteiger partial charge in [-0.1, -0.05) is 19.3 Å². The zero-order valence-corrected chi connectivity index (χ0v) is 15.5. The number of aromatic nitrogens is 2. The van der Waals surface area contributed by atoms with Crippen LogP contribution in [0.5, 0.6) is 0 Å². The number of hydrogen-bond donors (Lipinski definition) is 3. The van der Waals surface area contributed by atoms with E-state index in [4.69, 9.17) is 0 Å². The lowest BCUT2D eigenvalue weighted by Crippen LogP contribution is -2.40. The molecule has 0 unspecified atom stereocenters. The zero-order chi connectivity index (χ0) is 17.8. The third-order valence-corrected chi connectivity index (χ3v) is 6.18. The summed E-state index contributed by atoms with van der Waals surface area (Å²) in [5.41, 5.74) is 1.69. The van der Waals surface area contributed by atoms with Gasteiger partial charge in [-0.25, -0.2) is 0 Å². The maximum Gasteiger partial charge on any atom is 0.251 e. The maximum absolute atomic E-state index is 12.5. The van der Waals surface area contributed by atoms with Gasteiger partial charge in [0.2, 0.25) is 0 Å². The number of hydrogen-bond acceptors (Lipinski definition) is 3. The van der Waals surface area contributed by atoms with Gasteiger partial charge in [-0.15, -0.1) is 0 Å². The summed E-state index contributed by atoms with van der Waals surface area (Å²) >= 11 is 0. The number of rotatable bonds is 5. The van der Waals surface area contributed by atoms with Crippen molar-refractivity contribution >= 4 is 16.8 Å². The van der Waals surface area contributed by atoms with Crippen LogP contribution in [0.3, 0.4) is 0 Å². The van der Waals surface area contributed by atoms with Crippen LogP contribution in [-0.4, -0.2) is 34.7 Å². The van der Waals surface area contributed by atoms with Crippen molar-refractivity contribution in [1.82, 2.24) is 20.8 Å². The first-order valence-electron chi connectivity index (χ1n) is 10.3. The average Bonchev–Trinajstić information content (AvgIpc) is 3.16. The predicted octanol–water partition coefficient (Wildman–Crippen LogP) is 3.77. The normalized spacial score (nSPS) is 24.6. The summed E-state index contributed by atoms with van der Waals surface area (Å²) in [6, 6.07) is 6.77. The largest absolute Gasteiger partial charge is 0.349 e. The maximum atomic E-state index is 12.5. The molecule has 0 saturated heterocycles. The van der Waals surface area contributed by atoms with E-state index in [1.54, 1.807) is 6.20 Å². The lowest BCUT2D eigenvalue weighted by molar-refractivity contribution is 0.0921. The summed E-state index contributed by atoms with van der Waals surface area (Å²) < 4.78 is 0. The van der Waals surface area contributed by atoms with Gasteiger partial charge in [-0.2, -0.15) is 5.10 Å². The van der Waals surface area contributed by atoms with Crippen LogP contribution in [0.25, 0.3) is 10.9 Å². The number of amides is 1. The summed E-state index contributed by atoms with van der Waals surface area (Å²) in [5, 5.41) is 14.9. The molecule has 3 N–H and O–H groups in total. The SMILES string of the molecule is O=C(NC1CCC(CNC2CCCCC2)CC1)c1ccc2[nH]ncc2c1. The molecule has 2 aliphatic carbocycles. The van der Waals surface area contributed by atoms with Gasteiger partial charge in [0, 0.05) is 23.0 Å². The highest BCUT2D eigenvalue weighted by Crippen LogP contribution is 2.25. The second-order valence-electron chi connectivity index (χ2n) is 8.11. The average molecular weight is 354 g/mol. The predicted molar refractivity (Wildman–Crippen MR) is 104 cm³/mol. The molecule has 1 heterocycles. The summed E-state index contributed by atoms with van der Waals surface area (Å²) in [4.78, 5) is 12.5. The van der Waals surface area contributed by atoms with E-state index in [1.165, 1.54) is 44.9 Å². The molecule has 0 bridgehead atoms. The van der Waals surface area contributed by atoms with Gasteiger partial charge in [-0.3, -0.25) is 9.89 Å². The number of fused-ring (bicyclic) bond motifs is 1. The number of carbonyl (C=O) groups excluding carboxylic acids is 1. The van der Waals surface area contributed by atoms with E-state index in [-0.39, 0.29) is 5.91 Å².